The molecule has 0 saturated carbocycles. The highest BCUT2D eigenvalue weighted by molar-refractivity contribution is 5.94. The van der Waals surface area contributed by atoms with Crippen LogP contribution in [0.25, 0.3) is 22.4 Å². The molecule has 0 bridgehead atoms. The summed E-state index contributed by atoms with van der Waals surface area (Å²) in [5.74, 6) is 0.900. The fourth-order valence-electron chi connectivity index (χ4n) is 1.95. The summed E-state index contributed by atoms with van der Waals surface area (Å²) in [6.07, 6.45) is 0. The molecule has 0 radical (unpaired) electrons. The van der Waals surface area contributed by atoms with Crippen molar-refractivity contribution in [1.82, 2.24) is 9.97 Å². The molecule has 0 spiro atoms. The maximum Gasteiger partial charge on any atom is 0.159 e. The summed E-state index contributed by atoms with van der Waals surface area (Å²) < 4.78 is 0. The molecule has 2 aromatic carbocycles. The molecule has 0 fully saturated rings. The number of nitrogens with one attached hydrogen (secondary N) is 1. The summed E-state index contributed by atoms with van der Waals surface area (Å²) in [6.45, 7) is 1.57. The molecule has 0 aliphatic heterocycles. The smallest absolute Gasteiger partial charge is 0.159 e. The van der Waals surface area contributed by atoms with Crippen molar-refractivity contribution < 1.29 is 4.79 Å². The van der Waals surface area contributed by atoms with Crippen molar-refractivity contribution in [2.75, 3.05) is 0 Å². The van der Waals surface area contributed by atoms with Gasteiger partial charge in [-0.1, -0.05) is 36.4 Å². The zero-order chi connectivity index (χ0) is 12.5. The molecule has 18 heavy (non-hydrogen) atoms. The fourth-order valence-corrected chi connectivity index (χ4v) is 1.95. The molecule has 3 heteroatoms. The fraction of sp³-hybridized carbons (Fsp3) is 0.0667. The predicted octanol–water partition coefficient (Wildman–Crippen LogP) is 3.43. The van der Waals surface area contributed by atoms with Gasteiger partial charge in [0.1, 0.15) is 5.82 Å². The van der Waals surface area contributed by atoms with Gasteiger partial charge < -0.3 is 4.98 Å². The Labute approximate surface area is 104 Å². The van der Waals surface area contributed by atoms with E-state index in [9.17, 15) is 4.79 Å². The second kappa shape index (κ2) is 4.11. The summed E-state index contributed by atoms with van der Waals surface area (Å²) >= 11 is 0. The Kier molecular flexibility index (Phi) is 2.45. The van der Waals surface area contributed by atoms with Gasteiger partial charge in [-0.05, 0) is 19.1 Å². The number of aromatic nitrogens is 2. The molecule has 0 aliphatic rings. The quantitative estimate of drug-likeness (QED) is 0.693. The molecule has 0 saturated heterocycles. The minimum Gasteiger partial charge on any atom is -0.338 e. The molecule has 1 aromatic heterocycles. The van der Waals surface area contributed by atoms with Crippen LogP contribution in [-0.4, -0.2) is 15.8 Å². The second-order valence-corrected chi connectivity index (χ2v) is 4.24. The predicted molar refractivity (Wildman–Crippen MR) is 71.5 cm³/mol. The number of fused-ring (bicyclic) bond motifs is 1. The number of ketones is 1. The lowest BCUT2D eigenvalue weighted by molar-refractivity contribution is 0.101. The molecule has 1 N–H and O–H groups in total. The third-order valence-electron chi connectivity index (χ3n) is 2.95. The van der Waals surface area contributed by atoms with Crippen LogP contribution < -0.4 is 0 Å². The van der Waals surface area contributed by atoms with Crippen molar-refractivity contribution in [2.45, 2.75) is 6.92 Å². The maximum atomic E-state index is 11.2. The number of rotatable bonds is 2. The monoisotopic (exact) mass is 236 g/mol. The number of carbonyl (C=O) groups excluding carboxylic acids is 1. The van der Waals surface area contributed by atoms with E-state index in [1.54, 1.807) is 6.92 Å². The van der Waals surface area contributed by atoms with E-state index in [1.165, 1.54) is 0 Å². The number of aromatic amines is 1. The molecule has 0 unspecified atom stereocenters. The number of carbonyl (C=O) groups is 1. The highest BCUT2D eigenvalue weighted by Gasteiger charge is 2.05. The third-order valence-corrected chi connectivity index (χ3v) is 2.95. The van der Waals surface area contributed by atoms with Crippen LogP contribution in [0.4, 0.5) is 0 Å². The standard InChI is InChI=1S/C15H12N2O/c1-10(18)11-6-8-12(9-7-11)15-16-13-4-2-3-5-14(13)17-15/h2-9H,1H3,(H,16,17). The molecule has 0 amide bonds. The van der Waals surface area contributed by atoms with Crippen molar-refractivity contribution in [3.8, 4) is 11.4 Å². The summed E-state index contributed by atoms with van der Waals surface area (Å²) in [5.41, 5.74) is 3.66. The van der Waals surface area contributed by atoms with E-state index in [0.29, 0.717) is 0 Å². The first-order chi connectivity index (χ1) is 8.74. The summed E-state index contributed by atoms with van der Waals surface area (Å²) in [6, 6.07) is 15.4. The number of nitrogens with zero attached hydrogens (tertiary/aromatic N) is 1. The van der Waals surface area contributed by atoms with E-state index in [0.717, 1.165) is 28.0 Å². The molecular formula is C15H12N2O. The van der Waals surface area contributed by atoms with Gasteiger partial charge in [0.25, 0.3) is 0 Å². The van der Waals surface area contributed by atoms with E-state index in [4.69, 9.17) is 0 Å². The van der Waals surface area contributed by atoms with Crippen molar-refractivity contribution in [1.29, 1.82) is 0 Å². The average Bonchev–Trinajstić information content (AvgIpc) is 2.82. The minimum absolute atomic E-state index is 0.0751. The van der Waals surface area contributed by atoms with Crippen molar-refractivity contribution >= 4 is 16.8 Å². The Bertz CT molecular complexity index is 678. The van der Waals surface area contributed by atoms with Gasteiger partial charge in [-0.3, -0.25) is 4.79 Å². The van der Waals surface area contributed by atoms with E-state index < -0.39 is 0 Å². The van der Waals surface area contributed by atoms with Crippen LogP contribution in [0.3, 0.4) is 0 Å². The van der Waals surface area contributed by atoms with Gasteiger partial charge in [0, 0.05) is 11.1 Å². The number of benzene rings is 2. The number of hydrogen-bond donors (Lipinski definition) is 1. The van der Waals surface area contributed by atoms with E-state index in [-0.39, 0.29) is 5.78 Å². The van der Waals surface area contributed by atoms with Crippen LogP contribution >= 0.6 is 0 Å². The Morgan fingerprint density at radius 2 is 1.78 bits per heavy atom. The normalized spacial score (nSPS) is 10.7. The number of imidazole rings is 1. The zero-order valence-electron chi connectivity index (χ0n) is 9.97. The Balaban J connectivity index is 2.06. The summed E-state index contributed by atoms with van der Waals surface area (Å²) in [7, 11) is 0. The van der Waals surface area contributed by atoms with E-state index >= 15 is 0 Å². The summed E-state index contributed by atoms with van der Waals surface area (Å²) in [5, 5.41) is 0. The number of Topliss-reactive ketones (excluding diaryl/α,β-unsaturated/α-hetero) is 1. The average molecular weight is 236 g/mol. The number of H-pyrrole nitrogens is 1. The Morgan fingerprint density at radius 3 is 2.44 bits per heavy atom. The first-order valence-corrected chi connectivity index (χ1v) is 5.80. The van der Waals surface area contributed by atoms with Crippen LogP contribution in [-0.2, 0) is 0 Å². The van der Waals surface area contributed by atoms with Crippen LogP contribution in [0.1, 0.15) is 17.3 Å². The van der Waals surface area contributed by atoms with Gasteiger partial charge >= 0.3 is 0 Å². The molecule has 1 heterocycles. The van der Waals surface area contributed by atoms with Gasteiger partial charge in [0.2, 0.25) is 0 Å². The number of para-hydroxylation sites is 2. The first kappa shape index (κ1) is 10.7. The van der Waals surface area contributed by atoms with Crippen molar-refractivity contribution in [3.05, 3.63) is 54.1 Å². The van der Waals surface area contributed by atoms with Crippen molar-refractivity contribution in [3.63, 3.8) is 0 Å². The molecule has 0 atom stereocenters. The lowest BCUT2D eigenvalue weighted by atomic mass is 10.1. The van der Waals surface area contributed by atoms with Crippen LogP contribution in [0.15, 0.2) is 48.5 Å². The third kappa shape index (κ3) is 1.80. The van der Waals surface area contributed by atoms with E-state index in [1.807, 2.05) is 48.5 Å². The lowest BCUT2D eigenvalue weighted by Crippen LogP contribution is -1.91. The lowest BCUT2D eigenvalue weighted by Gasteiger charge is -1.98. The molecule has 3 aromatic rings. The topological polar surface area (TPSA) is 45.8 Å². The SMILES string of the molecule is CC(=O)c1ccc(-c2nc3ccccc3[nH]2)cc1. The van der Waals surface area contributed by atoms with Crippen molar-refractivity contribution in [2.24, 2.45) is 0 Å². The zero-order valence-corrected chi connectivity index (χ0v) is 9.97. The van der Waals surface area contributed by atoms with Gasteiger partial charge in [0.05, 0.1) is 11.0 Å². The highest BCUT2D eigenvalue weighted by atomic mass is 16.1. The summed E-state index contributed by atoms with van der Waals surface area (Å²) in [4.78, 5) is 19.0. The maximum absolute atomic E-state index is 11.2. The number of hydrogen-bond acceptors (Lipinski definition) is 2. The van der Waals surface area contributed by atoms with Gasteiger partial charge in [0.15, 0.2) is 5.78 Å². The van der Waals surface area contributed by atoms with Gasteiger partial charge in [-0.2, -0.15) is 0 Å². The minimum atomic E-state index is 0.0751. The Morgan fingerprint density at radius 1 is 1.06 bits per heavy atom. The largest absolute Gasteiger partial charge is 0.338 e. The first-order valence-electron chi connectivity index (χ1n) is 5.80. The molecule has 3 nitrogen and oxygen atoms in total. The van der Waals surface area contributed by atoms with Gasteiger partial charge in [-0.25, -0.2) is 4.98 Å². The van der Waals surface area contributed by atoms with Gasteiger partial charge in [-0.15, -0.1) is 0 Å². The van der Waals surface area contributed by atoms with Crippen LogP contribution in [0.2, 0.25) is 0 Å². The van der Waals surface area contributed by atoms with Crippen LogP contribution in [0.5, 0.6) is 0 Å². The Hall–Kier alpha value is -2.42. The molecule has 3 rings (SSSR count). The van der Waals surface area contributed by atoms with E-state index in [2.05, 4.69) is 9.97 Å². The molecule has 0 aliphatic carbocycles. The second-order valence-electron chi connectivity index (χ2n) is 4.24. The molecule has 88 valence electrons. The molecular weight excluding hydrogens is 224 g/mol. The van der Waals surface area contributed by atoms with Crippen LogP contribution in [0, 0.1) is 0 Å². The highest BCUT2D eigenvalue weighted by Crippen LogP contribution is 2.20.